The normalized spacial score (nSPS) is 15.4. The van der Waals surface area contributed by atoms with Gasteiger partial charge in [0.25, 0.3) is 0 Å². The first-order valence-corrected chi connectivity index (χ1v) is 9.32. The number of carbonyl (C=O) groups excluding carboxylic acids is 1. The van der Waals surface area contributed by atoms with Gasteiger partial charge in [-0.15, -0.1) is 0 Å². The third-order valence-electron chi connectivity index (χ3n) is 4.30. The highest BCUT2D eigenvalue weighted by Gasteiger charge is 2.23. The minimum atomic E-state index is -0.108. The molecule has 0 radical (unpaired) electrons. The van der Waals surface area contributed by atoms with Crippen LogP contribution in [0.5, 0.6) is 17.2 Å². The first-order valence-electron chi connectivity index (χ1n) is 9.32. The van der Waals surface area contributed by atoms with E-state index < -0.39 is 0 Å². The number of anilines is 1. The van der Waals surface area contributed by atoms with Crippen LogP contribution in [0.15, 0.2) is 48.5 Å². The number of amides is 1. The minimum absolute atomic E-state index is 0.0823. The Morgan fingerprint density at radius 3 is 2.67 bits per heavy atom. The van der Waals surface area contributed by atoms with E-state index >= 15 is 0 Å². The molecule has 1 aliphatic rings. The standard InChI is InChI=1S/C21H26N2O4/c1-3-23(13-16-15-26-19-11-7-8-12-20(19)27-16)14-21(24)22-17-9-5-6-10-18(17)25-4-2/h5-12,16H,3-4,13-15H2,1-2H3,(H,22,24). The number of hydrogen-bond donors (Lipinski definition) is 1. The van der Waals surface area contributed by atoms with Crippen LogP contribution in [0, 0.1) is 0 Å². The Balaban J connectivity index is 1.55. The van der Waals surface area contributed by atoms with Crippen LogP contribution in [0.25, 0.3) is 0 Å². The molecule has 0 aliphatic carbocycles. The molecule has 6 heteroatoms. The van der Waals surface area contributed by atoms with Gasteiger partial charge in [-0.05, 0) is 37.7 Å². The molecular weight excluding hydrogens is 344 g/mol. The molecule has 0 fully saturated rings. The Labute approximate surface area is 160 Å². The van der Waals surface area contributed by atoms with Crippen molar-refractivity contribution in [3.05, 3.63) is 48.5 Å². The van der Waals surface area contributed by atoms with Crippen molar-refractivity contribution in [3.8, 4) is 17.2 Å². The number of nitrogens with one attached hydrogen (secondary N) is 1. The largest absolute Gasteiger partial charge is 0.492 e. The molecule has 1 unspecified atom stereocenters. The van der Waals surface area contributed by atoms with Crippen molar-refractivity contribution in [2.24, 2.45) is 0 Å². The predicted octanol–water partition coefficient (Wildman–Crippen LogP) is 3.19. The van der Waals surface area contributed by atoms with Crippen LogP contribution in [0.4, 0.5) is 5.69 Å². The fourth-order valence-corrected chi connectivity index (χ4v) is 2.99. The first-order chi connectivity index (χ1) is 13.2. The van der Waals surface area contributed by atoms with E-state index in [2.05, 4.69) is 5.32 Å². The maximum absolute atomic E-state index is 12.5. The second-order valence-corrected chi connectivity index (χ2v) is 6.30. The van der Waals surface area contributed by atoms with Crippen molar-refractivity contribution < 1.29 is 19.0 Å². The van der Waals surface area contributed by atoms with Gasteiger partial charge in [-0.1, -0.05) is 31.2 Å². The van der Waals surface area contributed by atoms with Crippen LogP contribution in [0.1, 0.15) is 13.8 Å². The van der Waals surface area contributed by atoms with Gasteiger partial charge in [0.1, 0.15) is 18.5 Å². The minimum Gasteiger partial charge on any atom is -0.492 e. The molecule has 1 heterocycles. The van der Waals surface area contributed by atoms with Gasteiger partial charge in [0.2, 0.25) is 5.91 Å². The number of likely N-dealkylation sites (N-methyl/N-ethyl adjacent to an activating group) is 1. The van der Waals surface area contributed by atoms with E-state index in [0.29, 0.717) is 31.2 Å². The lowest BCUT2D eigenvalue weighted by molar-refractivity contribution is -0.117. The molecule has 1 aliphatic heterocycles. The number of hydrogen-bond acceptors (Lipinski definition) is 5. The van der Waals surface area contributed by atoms with Crippen LogP contribution in [0.2, 0.25) is 0 Å². The Morgan fingerprint density at radius 2 is 1.89 bits per heavy atom. The summed E-state index contributed by atoms with van der Waals surface area (Å²) in [7, 11) is 0. The molecule has 3 rings (SSSR count). The average Bonchev–Trinajstić information content (AvgIpc) is 2.69. The number of para-hydroxylation sites is 4. The van der Waals surface area contributed by atoms with Crippen molar-refractivity contribution in [2.45, 2.75) is 20.0 Å². The molecule has 1 atom stereocenters. The third kappa shape index (κ3) is 5.14. The van der Waals surface area contributed by atoms with Gasteiger partial charge in [-0.25, -0.2) is 0 Å². The van der Waals surface area contributed by atoms with Crippen LogP contribution < -0.4 is 19.5 Å². The lowest BCUT2D eigenvalue weighted by Crippen LogP contribution is -2.43. The zero-order valence-electron chi connectivity index (χ0n) is 15.8. The first kappa shape index (κ1) is 19.0. The lowest BCUT2D eigenvalue weighted by Gasteiger charge is -2.30. The van der Waals surface area contributed by atoms with Gasteiger partial charge in [0, 0.05) is 6.54 Å². The van der Waals surface area contributed by atoms with E-state index in [9.17, 15) is 4.79 Å². The quantitative estimate of drug-likeness (QED) is 0.773. The van der Waals surface area contributed by atoms with Gasteiger partial charge in [0.05, 0.1) is 18.8 Å². The lowest BCUT2D eigenvalue weighted by atomic mass is 10.2. The second kappa shape index (κ2) is 9.28. The summed E-state index contributed by atoms with van der Waals surface area (Å²) in [6, 6.07) is 15.1. The van der Waals surface area contributed by atoms with Crippen LogP contribution >= 0.6 is 0 Å². The fraction of sp³-hybridized carbons (Fsp3) is 0.381. The number of ether oxygens (including phenoxy) is 3. The van der Waals surface area contributed by atoms with Crippen molar-refractivity contribution in [3.63, 3.8) is 0 Å². The number of carbonyl (C=O) groups is 1. The van der Waals surface area contributed by atoms with E-state index in [1.54, 1.807) is 0 Å². The summed E-state index contributed by atoms with van der Waals surface area (Å²) in [4.78, 5) is 14.5. The number of rotatable bonds is 8. The van der Waals surface area contributed by atoms with Gasteiger partial charge in [-0.3, -0.25) is 9.69 Å². The van der Waals surface area contributed by atoms with E-state index in [1.807, 2.05) is 67.3 Å². The molecule has 1 N–H and O–H groups in total. The highest BCUT2D eigenvalue weighted by Crippen LogP contribution is 2.31. The second-order valence-electron chi connectivity index (χ2n) is 6.30. The van der Waals surface area contributed by atoms with Crippen molar-refractivity contribution in [1.82, 2.24) is 4.90 Å². The predicted molar refractivity (Wildman–Crippen MR) is 105 cm³/mol. The summed E-state index contributed by atoms with van der Waals surface area (Å²) < 4.78 is 17.3. The molecule has 27 heavy (non-hydrogen) atoms. The van der Waals surface area contributed by atoms with E-state index in [1.165, 1.54) is 0 Å². The Kier molecular flexibility index (Phi) is 6.54. The molecule has 1 amide bonds. The molecule has 0 bridgehead atoms. The highest BCUT2D eigenvalue weighted by molar-refractivity contribution is 5.93. The maximum Gasteiger partial charge on any atom is 0.238 e. The maximum atomic E-state index is 12.5. The van der Waals surface area contributed by atoms with Crippen molar-refractivity contribution in [2.75, 3.05) is 38.2 Å². The zero-order valence-corrected chi connectivity index (χ0v) is 15.8. The topological polar surface area (TPSA) is 60.0 Å². The van der Waals surface area contributed by atoms with E-state index in [0.717, 1.165) is 18.0 Å². The third-order valence-corrected chi connectivity index (χ3v) is 4.30. The summed E-state index contributed by atoms with van der Waals surface area (Å²) in [6.45, 7) is 6.60. The van der Waals surface area contributed by atoms with Crippen LogP contribution in [-0.2, 0) is 4.79 Å². The van der Waals surface area contributed by atoms with Crippen molar-refractivity contribution >= 4 is 11.6 Å². The molecule has 0 spiro atoms. The number of nitrogens with zero attached hydrogens (tertiary/aromatic N) is 1. The molecule has 0 saturated carbocycles. The van der Waals surface area contributed by atoms with Crippen LogP contribution in [0.3, 0.4) is 0 Å². The average molecular weight is 370 g/mol. The van der Waals surface area contributed by atoms with Gasteiger partial charge >= 0.3 is 0 Å². The smallest absolute Gasteiger partial charge is 0.238 e. The Bertz CT molecular complexity index is 765. The molecule has 0 saturated heterocycles. The van der Waals surface area contributed by atoms with Gasteiger partial charge in [-0.2, -0.15) is 0 Å². The zero-order chi connectivity index (χ0) is 19.1. The molecule has 6 nitrogen and oxygen atoms in total. The Hall–Kier alpha value is -2.73. The SMILES string of the molecule is CCOc1ccccc1NC(=O)CN(CC)CC1COc2ccccc2O1. The summed E-state index contributed by atoms with van der Waals surface area (Å²) in [6.07, 6.45) is -0.108. The van der Waals surface area contributed by atoms with E-state index in [4.69, 9.17) is 14.2 Å². The monoisotopic (exact) mass is 370 g/mol. The van der Waals surface area contributed by atoms with E-state index in [-0.39, 0.29) is 18.6 Å². The number of fused-ring (bicyclic) bond motifs is 1. The molecule has 0 aromatic heterocycles. The number of benzene rings is 2. The summed E-state index contributed by atoms with van der Waals surface area (Å²) in [5, 5.41) is 2.94. The molecular formula is C21H26N2O4. The molecule has 2 aromatic rings. The van der Waals surface area contributed by atoms with Crippen molar-refractivity contribution in [1.29, 1.82) is 0 Å². The Morgan fingerprint density at radius 1 is 1.15 bits per heavy atom. The fourth-order valence-electron chi connectivity index (χ4n) is 2.99. The van der Waals surface area contributed by atoms with Gasteiger partial charge in [0.15, 0.2) is 11.5 Å². The van der Waals surface area contributed by atoms with Crippen LogP contribution in [-0.4, -0.2) is 49.8 Å². The van der Waals surface area contributed by atoms with Gasteiger partial charge < -0.3 is 19.5 Å². The summed E-state index contributed by atoms with van der Waals surface area (Å²) in [5.74, 6) is 2.11. The summed E-state index contributed by atoms with van der Waals surface area (Å²) >= 11 is 0. The molecule has 2 aromatic carbocycles. The summed E-state index contributed by atoms with van der Waals surface area (Å²) in [5.41, 5.74) is 0.687. The highest BCUT2D eigenvalue weighted by atomic mass is 16.6. The molecule has 144 valence electrons.